The minimum atomic E-state index is -1.76. The largest absolute Gasteiger partial charge is 0.337 e. The number of hydrogen-bond donors (Lipinski definition) is 1. The Balaban J connectivity index is 1.49. The fraction of sp³-hybridized carbons (Fsp3) is 1.00. The summed E-state index contributed by atoms with van der Waals surface area (Å²) >= 11 is 10.6. The van der Waals surface area contributed by atoms with Crippen LogP contribution in [0.5, 0.6) is 0 Å². The Morgan fingerprint density at radius 2 is 1.63 bits per heavy atom. The lowest BCUT2D eigenvalue weighted by Gasteiger charge is -2.36. The molecule has 7 unspecified atom stereocenters. The van der Waals surface area contributed by atoms with E-state index in [1.807, 2.05) is 0 Å². The quantitative estimate of drug-likeness (QED) is 0.426. The summed E-state index contributed by atoms with van der Waals surface area (Å²) in [5.74, 6) is 3.60. The first-order valence-electron chi connectivity index (χ1n) is 7.79. The van der Waals surface area contributed by atoms with Gasteiger partial charge in [-0.2, -0.15) is 0 Å². The highest BCUT2D eigenvalue weighted by atomic mass is 33.4. The predicted octanol–water partition coefficient (Wildman–Crippen LogP) is 5.27. The average molecular weight is 335 g/mol. The first kappa shape index (κ1) is 13.9. The first-order valence-corrected chi connectivity index (χ1v) is 13.1. The van der Waals surface area contributed by atoms with E-state index in [0.717, 1.165) is 23.7 Å². The zero-order valence-electron chi connectivity index (χ0n) is 11.2. The highest BCUT2D eigenvalue weighted by molar-refractivity contribution is 8.99. The summed E-state index contributed by atoms with van der Waals surface area (Å²) in [5.41, 5.74) is -1.07. The Morgan fingerprint density at radius 3 is 2.11 bits per heavy atom. The zero-order valence-corrected chi connectivity index (χ0v) is 14.7. The predicted molar refractivity (Wildman–Crippen MR) is 90.4 cm³/mol. The third-order valence-corrected chi connectivity index (χ3v) is 15.1. The molecule has 108 valence electrons. The van der Waals surface area contributed by atoms with Gasteiger partial charge in [0.15, 0.2) is 0 Å². The molecule has 4 fully saturated rings. The molecule has 0 spiro atoms. The van der Waals surface area contributed by atoms with Crippen molar-refractivity contribution in [3.8, 4) is 0 Å². The molecule has 4 aliphatic carbocycles. The van der Waals surface area contributed by atoms with Crippen LogP contribution in [0.1, 0.15) is 51.4 Å². The van der Waals surface area contributed by atoms with E-state index in [4.69, 9.17) is 16.3 Å². The Kier molecular flexibility index (Phi) is 3.81. The van der Waals surface area contributed by atoms with E-state index in [1.165, 1.54) is 51.4 Å². The van der Waals surface area contributed by atoms with Crippen LogP contribution in [0.15, 0.2) is 0 Å². The highest BCUT2D eigenvalue weighted by Crippen LogP contribution is 2.74. The van der Waals surface area contributed by atoms with Crippen LogP contribution in [0, 0.1) is 23.7 Å². The maximum Gasteiger partial charge on any atom is 0.133 e. The van der Waals surface area contributed by atoms with E-state index in [2.05, 4.69) is 11.7 Å². The third-order valence-electron chi connectivity index (χ3n) is 6.18. The van der Waals surface area contributed by atoms with E-state index in [-0.39, 0.29) is 0 Å². The minimum absolute atomic E-state index is 0.489. The monoisotopic (exact) mass is 334 g/mol. The van der Waals surface area contributed by atoms with Crippen LogP contribution in [0.4, 0.5) is 0 Å². The van der Waals surface area contributed by atoms with Crippen LogP contribution in [-0.4, -0.2) is 11.8 Å². The molecule has 0 heterocycles. The lowest BCUT2D eigenvalue weighted by atomic mass is 9.98. The Hall–Kier alpha value is 1.31. The van der Waals surface area contributed by atoms with E-state index in [9.17, 15) is 0 Å². The molecule has 19 heavy (non-hydrogen) atoms. The van der Waals surface area contributed by atoms with Gasteiger partial charge in [0, 0.05) is 5.66 Å². The molecule has 0 aromatic rings. The van der Waals surface area contributed by atoms with Crippen molar-refractivity contribution in [3.05, 3.63) is 0 Å². The molecule has 0 aromatic heterocycles. The van der Waals surface area contributed by atoms with E-state index in [0.29, 0.717) is 11.8 Å². The van der Waals surface area contributed by atoms with Gasteiger partial charge in [-0.25, -0.2) is 0 Å². The highest BCUT2D eigenvalue weighted by Gasteiger charge is 2.50. The topological polar surface area (TPSA) is 9.23 Å². The van der Waals surface area contributed by atoms with Crippen molar-refractivity contribution in [2.45, 2.75) is 63.1 Å². The molecule has 0 amide bonds. The van der Waals surface area contributed by atoms with Crippen molar-refractivity contribution >= 4 is 39.3 Å². The summed E-state index contributed by atoms with van der Waals surface area (Å²) in [5, 5.41) is 0. The lowest BCUT2D eigenvalue weighted by Crippen LogP contribution is -2.23. The van der Waals surface area contributed by atoms with Gasteiger partial charge >= 0.3 is 0 Å². The van der Waals surface area contributed by atoms with Crippen molar-refractivity contribution < 1.29 is 4.52 Å². The standard InChI is InChI=1S/C14H23OPS3/c17-16(19-18,14-8-10-2-4-12(14)6-10)15-13-7-9-1-3-11(13)5-9/h9-14,18H,1-8H2. The molecule has 4 saturated carbocycles. The van der Waals surface area contributed by atoms with Gasteiger partial charge in [-0.05, 0) is 79.0 Å². The number of fused-ring (bicyclic) bond motifs is 4. The maximum atomic E-state index is 6.63. The van der Waals surface area contributed by atoms with Gasteiger partial charge in [-0.15, -0.1) is 11.7 Å². The smallest absolute Gasteiger partial charge is 0.133 e. The van der Waals surface area contributed by atoms with Crippen molar-refractivity contribution in [1.29, 1.82) is 0 Å². The van der Waals surface area contributed by atoms with E-state index in [1.54, 1.807) is 10.4 Å². The molecule has 4 rings (SSSR count). The summed E-state index contributed by atoms with van der Waals surface area (Å²) in [6, 6.07) is 0. The number of hydrogen-bond acceptors (Lipinski definition) is 4. The van der Waals surface area contributed by atoms with Gasteiger partial charge in [0.25, 0.3) is 0 Å². The van der Waals surface area contributed by atoms with Crippen LogP contribution in [-0.2, 0) is 16.3 Å². The van der Waals surface area contributed by atoms with Gasteiger partial charge in [-0.3, -0.25) is 0 Å². The molecule has 0 aromatic carbocycles. The summed E-state index contributed by atoms with van der Waals surface area (Å²) in [6.45, 7) is 0. The lowest BCUT2D eigenvalue weighted by molar-refractivity contribution is 0.155. The molecule has 0 aliphatic heterocycles. The van der Waals surface area contributed by atoms with Gasteiger partial charge < -0.3 is 4.52 Å². The van der Waals surface area contributed by atoms with Crippen LogP contribution >= 0.6 is 27.5 Å². The molecule has 0 radical (unpaired) electrons. The number of rotatable bonds is 4. The summed E-state index contributed by atoms with van der Waals surface area (Å²) in [4.78, 5) is 0. The molecule has 0 N–H and O–H groups in total. The molecular formula is C14H23OPS3. The van der Waals surface area contributed by atoms with Crippen molar-refractivity contribution in [3.63, 3.8) is 0 Å². The van der Waals surface area contributed by atoms with E-state index >= 15 is 0 Å². The minimum Gasteiger partial charge on any atom is -0.337 e. The summed E-state index contributed by atoms with van der Waals surface area (Å²) in [7, 11) is 1.62. The Labute approximate surface area is 130 Å². The maximum absolute atomic E-state index is 6.63. The van der Waals surface area contributed by atoms with Gasteiger partial charge in [0.2, 0.25) is 0 Å². The van der Waals surface area contributed by atoms with Gasteiger partial charge in [0.1, 0.15) is 5.47 Å². The second-order valence-electron chi connectivity index (χ2n) is 7.18. The third kappa shape index (κ3) is 2.38. The van der Waals surface area contributed by atoms with Crippen molar-refractivity contribution in [2.75, 3.05) is 0 Å². The number of thiol groups is 1. The van der Waals surface area contributed by atoms with E-state index < -0.39 is 5.47 Å². The first-order chi connectivity index (χ1) is 9.18. The zero-order chi connectivity index (χ0) is 13.0. The van der Waals surface area contributed by atoms with Gasteiger partial charge in [-0.1, -0.05) is 18.2 Å². The van der Waals surface area contributed by atoms with Crippen LogP contribution in [0.2, 0.25) is 0 Å². The van der Waals surface area contributed by atoms with Crippen molar-refractivity contribution in [1.82, 2.24) is 0 Å². The van der Waals surface area contributed by atoms with Gasteiger partial charge in [0.05, 0.1) is 6.10 Å². The van der Waals surface area contributed by atoms with Crippen LogP contribution < -0.4 is 0 Å². The SMILES string of the molecule is S=P(OC1CC2CCC1C2)(SS)C1CC2CCC1C2. The Morgan fingerprint density at radius 1 is 0.947 bits per heavy atom. The molecular weight excluding hydrogens is 311 g/mol. The second-order valence-corrected chi connectivity index (χ2v) is 15.2. The second kappa shape index (κ2) is 5.19. The van der Waals surface area contributed by atoms with Crippen molar-refractivity contribution in [2.24, 2.45) is 23.7 Å². The van der Waals surface area contributed by atoms with Crippen LogP contribution in [0.3, 0.4) is 0 Å². The average Bonchev–Trinajstić information content (AvgIpc) is 3.18. The summed E-state index contributed by atoms with van der Waals surface area (Å²) < 4.78 is 6.63. The molecule has 7 atom stereocenters. The molecule has 5 heteroatoms. The summed E-state index contributed by atoms with van der Waals surface area (Å²) in [6.07, 6.45) is 11.6. The fourth-order valence-corrected chi connectivity index (χ4v) is 11.7. The fourth-order valence-electron chi connectivity index (χ4n) is 5.26. The molecule has 4 bridgehead atoms. The Bertz CT molecular complexity index is 415. The molecule has 1 nitrogen and oxygen atoms in total. The normalized spacial score (nSPS) is 50.8. The van der Waals surface area contributed by atoms with Crippen LogP contribution in [0.25, 0.3) is 0 Å². The molecule has 4 aliphatic rings. The molecule has 0 saturated heterocycles.